The van der Waals surface area contributed by atoms with Crippen LogP contribution >= 0.6 is 7.75 Å². The minimum absolute atomic E-state index is 0.235. The van der Waals surface area contributed by atoms with E-state index in [0.29, 0.717) is 6.29 Å². The Morgan fingerprint density at radius 1 is 1.30 bits per heavy atom. The highest BCUT2D eigenvalue weighted by Crippen LogP contribution is 2.41. The fourth-order valence-electron chi connectivity index (χ4n) is 2.57. The highest BCUT2D eigenvalue weighted by atomic mass is 31.2. The molecule has 0 aliphatic carbocycles. The molecular weight excluding hydrogens is 381 g/mol. The number of hydrogen-bond donors (Lipinski definition) is 4. The Hall–Kier alpha value is -2.27. The maximum atomic E-state index is 12.2. The van der Waals surface area contributed by atoms with Crippen LogP contribution in [0.1, 0.15) is 16.7 Å². The highest BCUT2D eigenvalue weighted by molar-refractivity contribution is 7.51. The summed E-state index contributed by atoms with van der Waals surface area (Å²) in [5, 5.41) is 30.1. The molecule has 1 fully saturated rings. The van der Waals surface area contributed by atoms with Crippen LogP contribution in [0, 0.1) is 0 Å². The van der Waals surface area contributed by atoms with Gasteiger partial charge >= 0.3 is 7.75 Å². The summed E-state index contributed by atoms with van der Waals surface area (Å²) in [5.74, 6) is -0.293. The van der Waals surface area contributed by atoms with Crippen molar-refractivity contribution >= 4 is 14.0 Å². The lowest BCUT2D eigenvalue weighted by atomic mass is 10.1. The van der Waals surface area contributed by atoms with Gasteiger partial charge < -0.3 is 24.6 Å². The van der Waals surface area contributed by atoms with E-state index >= 15 is 0 Å². The molecule has 1 unspecified atom stereocenters. The zero-order valence-electron chi connectivity index (χ0n) is 13.9. The van der Waals surface area contributed by atoms with Gasteiger partial charge in [-0.2, -0.15) is 0 Å². The van der Waals surface area contributed by atoms with E-state index in [1.54, 1.807) is 18.2 Å². The molecule has 0 amide bonds. The molecule has 5 atom stereocenters. The number of nitrogens with zero attached hydrogens (tertiary/aromatic N) is 2. The normalized spacial score (nSPS) is 27.2. The number of para-hydroxylation sites is 1. The number of carbonyl (C=O) groups excluding carboxylic acids is 1. The second-order valence-corrected chi connectivity index (χ2v) is 7.29. The van der Waals surface area contributed by atoms with Gasteiger partial charge in [0.15, 0.2) is 18.2 Å². The van der Waals surface area contributed by atoms with E-state index in [1.165, 1.54) is 12.1 Å². The first-order valence-electron chi connectivity index (χ1n) is 7.83. The maximum absolute atomic E-state index is 12.2. The molecule has 27 heavy (non-hydrogen) atoms. The Balaban J connectivity index is 1.64. The maximum Gasteiger partial charge on any atom is 0.456 e. The van der Waals surface area contributed by atoms with E-state index in [9.17, 15) is 24.7 Å². The summed E-state index contributed by atoms with van der Waals surface area (Å²) >= 11 is 0. The monoisotopic (exact) mass is 399 g/mol. The van der Waals surface area contributed by atoms with E-state index in [-0.39, 0.29) is 11.4 Å². The Morgan fingerprint density at radius 3 is 2.63 bits per heavy atom. The van der Waals surface area contributed by atoms with E-state index in [1.807, 2.05) is 0 Å². The summed E-state index contributed by atoms with van der Waals surface area (Å²) in [6.07, 6.45) is -3.85. The number of aromatic nitrogens is 2. The third kappa shape index (κ3) is 4.19. The smallest absolute Gasteiger partial charge is 0.456 e. The molecule has 0 radical (unpaired) electrons. The second kappa shape index (κ2) is 7.77. The van der Waals surface area contributed by atoms with Crippen LogP contribution in [0.2, 0.25) is 0 Å². The minimum atomic E-state index is -4.00. The van der Waals surface area contributed by atoms with Gasteiger partial charge in [-0.25, -0.2) is 15.1 Å². The number of ether oxygens (including phenoxy) is 1. The zero-order valence-corrected chi connectivity index (χ0v) is 14.8. The summed E-state index contributed by atoms with van der Waals surface area (Å²) in [6.45, 7) is -0.453. The fourth-order valence-corrected chi connectivity index (χ4v) is 3.39. The van der Waals surface area contributed by atoms with Crippen molar-refractivity contribution in [2.45, 2.75) is 24.5 Å². The third-order valence-electron chi connectivity index (χ3n) is 3.91. The van der Waals surface area contributed by atoms with E-state index in [0.717, 1.165) is 10.9 Å². The van der Waals surface area contributed by atoms with Gasteiger partial charge in [0.25, 0.3) is 0 Å². The summed E-state index contributed by atoms with van der Waals surface area (Å²) in [4.78, 5) is 14.4. The van der Waals surface area contributed by atoms with Crippen molar-refractivity contribution in [3.63, 3.8) is 0 Å². The van der Waals surface area contributed by atoms with Crippen molar-refractivity contribution in [3.8, 4) is 11.6 Å². The molecule has 2 aromatic rings. The number of aliphatic hydroxyl groups excluding tert-OH is 2. The van der Waals surface area contributed by atoms with Crippen LogP contribution < -0.4 is 10.0 Å². The van der Waals surface area contributed by atoms with Crippen LogP contribution in [-0.4, -0.2) is 56.1 Å². The molecule has 0 bridgehead atoms. The molecule has 1 aromatic carbocycles. The lowest BCUT2D eigenvalue weighted by Crippen LogP contribution is -2.34. The zero-order chi connectivity index (χ0) is 19.6. The van der Waals surface area contributed by atoms with Crippen molar-refractivity contribution in [3.05, 3.63) is 42.4 Å². The predicted molar refractivity (Wildman–Crippen MR) is 90.0 cm³/mol. The molecule has 0 spiro atoms. The first-order chi connectivity index (χ1) is 12.8. The Morgan fingerprint density at radius 2 is 2.00 bits per heavy atom. The molecule has 11 nitrogen and oxygen atoms in total. The third-order valence-corrected chi connectivity index (χ3v) is 4.89. The Bertz CT molecular complexity index is 845. The molecule has 1 aliphatic heterocycles. The van der Waals surface area contributed by atoms with Crippen LogP contribution in [0.5, 0.6) is 11.6 Å². The van der Waals surface area contributed by atoms with Crippen molar-refractivity contribution in [1.29, 1.82) is 0 Å². The second-order valence-electron chi connectivity index (χ2n) is 5.76. The fraction of sp³-hybridized carbons (Fsp3) is 0.333. The van der Waals surface area contributed by atoms with Gasteiger partial charge in [-0.05, 0) is 12.1 Å². The number of aromatic hydroxyl groups is 1. The van der Waals surface area contributed by atoms with Crippen molar-refractivity contribution in [2.24, 2.45) is 5.50 Å². The van der Waals surface area contributed by atoms with Gasteiger partial charge in [0.05, 0.1) is 6.61 Å². The quantitative estimate of drug-likeness (QED) is 0.372. The molecule has 12 heteroatoms. The number of rotatable bonds is 7. The van der Waals surface area contributed by atoms with Crippen LogP contribution in [-0.2, 0) is 13.8 Å². The van der Waals surface area contributed by atoms with Crippen molar-refractivity contribution in [1.82, 2.24) is 9.55 Å². The predicted octanol–water partition coefficient (Wildman–Crippen LogP) is 0.183. The molecule has 3 rings (SSSR count). The topological polar surface area (TPSA) is 166 Å². The first-order valence-corrected chi connectivity index (χ1v) is 9.44. The van der Waals surface area contributed by atoms with E-state index in [4.69, 9.17) is 19.3 Å². The summed E-state index contributed by atoms with van der Waals surface area (Å²) < 4.78 is 28.8. The van der Waals surface area contributed by atoms with Gasteiger partial charge in [-0.1, -0.05) is 18.2 Å². The Labute approximate surface area is 153 Å². The molecule has 146 valence electrons. The number of benzene rings is 1. The molecule has 1 aromatic heterocycles. The van der Waals surface area contributed by atoms with Gasteiger partial charge in [-0.15, -0.1) is 0 Å². The van der Waals surface area contributed by atoms with Crippen LogP contribution in [0.15, 0.2) is 36.7 Å². The van der Waals surface area contributed by atoms with E-state index in [2.05, 4.69) is 4.98 Å². The lowest BCUT2D eigenvalue weighted by molar-refractivity contribution is -0.0527. The number of aldehydes is 1. The average Bonchev–Trinajstić information content (AvgIpc) is 3.14. The largest absolute Gasteiger partial charge is 0.493 e. The van der Waals surface area contributed by atoms with Crippen molar-refractivity contribution < 1.29 is 38.5 Å². The SMILES string of the molecule is NP(=O)(OC[C@H]1O[C@@H](n2cnc(C=O)c2O)[C@H](O)[C@@H]1O)Oc1ccccc1. The van der Waals surface area contributed by atoms with Crippen molar-refractivity contribution in [2.75, 3.05) is 6.61 Å². The average molecular weight is 399 g/mol. The van der Waals surface area contributed by atoms with Crippen LogP contribution in [0.4, 0.5) is 0 Å². The lowest BCUT2D eigenvalue weighted by Gasteiger charge is -2.19. The molecule has 1 saturated heterocycles. The van der Waals surface area contributed by atoms with Gasteiger partial charge in [0.2, 0.25) is 5.88 Å². The molecule has 2 heterocycles. The molecule has 0 saturated carbocycles. The van der Waals surface area contributed by atoms with E-state index < -0.39 is 44.8 Å². The van der Waals surface area contributed by atoms with Crippen LogP contribution in [0.3, 0.4) is 0 Å². The highest BCUT2D eigenvalue weighted by Gasteiger charge is 2.45. The number of nitrogens with two attached hydrogens (primary N) is 1. The summed E-state index contributed by atoms with van der Waals surface area (Å²) in [5.41, 5.74) is 5.27. The number of imidazole rings is 1. The minimum Gasteiger partial charge on any atom is -0.493 e. The molecule has 5 N–H and O–H groups in total. The van der Waals surface area contributed by atoms with Gasteiger partial charge in [0.1, 0.15) is 30.4 Å². The van der Waals surface area contributed by atoms with Gasteiger partial charge in [0, 0.05) is 0 Å². The number of aliphatic hydroxyl groups is 2. The standard InChI is InChI=1S/C15H18N3O8P/c16-27(23,26-9-4-2-1-3-5-9)24-7-11-12(20)13(21)15(25-11)18-8-17-10(6-19)14(18)22/h1-6,8,11-13,15,20-22H,7H2,(H2,16,23)/t11-,12-,13-,15-,27?/m1/s1. The van der Waals surface area contributed by atoms with Crippen LogP contribution in [0.25, 0.3) is 0 Å². The number of hydrogen-bond acceptors (Lipinski definition) is 9. The van der Waals surface area contributed by atoms with Gasteiger partial charge in [-0.3, -0.25) is 13.9 Å². The molecule has 1 aliphatic rings. The Kier molecular flexibility index (Phi) is 5.61. The first kappa shape index (κ1) is 19.5. The summed E-state index contributed by atoms with van der Waals surface area (Å²) in [6, 6.07) is 8.13. The number of carbonyl (C=O) groups is 1. The molecular formula is C15H18N3O8P. The summed E-state index contributed by atoms with van der Waals surface area (Å²) in [7, 11) is -4.00.